The Labute approximate surface area is 89.0 Å². The minimum absolute atomic E-state index is 0.605. The van der Waals surface area contributed by atoms with Crippen LogP contribution in [0, 0.1) is 5.92 Å². The predicted octanol–water partition coefficient (Wildman–Crippen LogP) is 3.51. The maximum Gasteiger partial charge on any atom is 0.0137 e. The first-order valence-corrected chi connectivity index (χ1v) is 6.19. The van der Waals surface area contributed by atoms with Gasteiger partial charge in [-0.1, -0.05) is 51.7 Å². The van der Waals surface area contributed by atoms with Gasteiger partial charge < -0.3 is 5.32 Å². The van der Waals surface area contributed by atoms with E-state index >= 15 is 0 Å². The van der Waals surface area contributed by atoms with E-state index in [1.807, 2.05) is 0 Å². The first-order chi connectivity index (χ1) is 6.79. The number of hydrogen-bond donors (Lipinski definition) is 1. The summed E-state index contributed by atoms with van der Waals surface area (Å²) in [6, 6.07) is 0.605. The second kappa shape index (κ2) is 7.05. The van der Waals surface area contributed by atoms with Crippen molar-refractivity contribution in [2.45, 2.75) is 58.4 Å². The van der Waals surface area contributed by atoms with Gasteiger partial charge >= 0.3 is 0 Å². The molecule has 1 fully saturated rings. The summed E-state index contributed by atoms with van der Waals surface area (Å²) >= 11 is 0. The molecule has 0 saturated heterocycles. The number of rotatable bonds is 4. The van der Waals surface area contributed by atoms with Crippen LogP contribution in [0.4, 0.5) is 0 Å². The normalized spacial score (nSPS) is 20.5. The minimum Gasteiger partial charge on any atom is -0.311 e. The molecule has 1 aliphatic carbocycles. The predicted molar refractivity (Wildman–Crippen MR) is 63.5 cm³/mol. The summed E-state index contributed by atoms with van der Waals surface area (Å²) in [7, 11) is 0. The quantitative estimate of drug-likeness (QED) is 0.534. The Bertz CT molecular complexity index is 153. The van der Waals surface area contributed by atoms with Crippen molar-refractivity contribution in [1.29, 1.82) is 0 Å². The molecule has 0 bridgehead atoms. The molecule has 1 nitrogen and oxygen atoms in total. The highest BCUT2D eigenvalue weighted by Gasteiger charge is 2.08. The molecule has 0 aliphatic heterocycles. The van der Waals surface area contributed by atoms with Crippen LogP contribution in [-0.4, -0.2) is 12.6 Å². The van der Waals surface area contributed by atoms with Gasteiger partial charge in [-0.2, -0.15) is 0 Å². The summed E-state index contributed by atoms with van der Waals surface area (Å²) in [4.78, 5) is 0. The maximum atomic E-state index is 3.41. The fourth-order valence-electron chi connectivity index (χ4n) is 2.07. The van der Waals surface area contributed by atoms with E-state index in [0.29, 0.717) is 6.04 Å². The van der Waals surface area contributed by atoms with Crippen LogP contribution in [0.2, 0.25) is 0 Å². The second-order valence-corrected chi connectivity index (χ2v) is 4.74. The fraction of sp³-hybridized carbons (Fsp3) is 0.846. The third-order valence-electron chi connectivity index (χ3n) is 2.95. The Morgan fingerprint density at radius 2 is 1.79 bits per heavy atom. The third-order valence-corrected chi connectivity index (χ3v) is 2.95. The highest BCUT2D eigenvalue weighted by molar-refractivity contribution is 4.90. The molecule has 0 atom stereocenters. The molecule has 1 aliphatic rings. The Balaban J connectivity index is 2.14. The fourth-order valence-corrected chi connectivity index (χ4v) is 2.07. The van der Waals surface area contributed by atoms with E-state index in [1.54, 1.807) is 0 Å². The summed E-state index contributed by atoms with van der Waals surface area (Å²) in [5.41, 5.74) is 0. The molecule has 0 unspecified atom stereocenters. The molecule has 1 heteroatoms. The van der Waals surface area contributed by atoms with Gasteiger partial charge in [-0.15, -0.1) is 0 Å². The van der Waals surface area contributed by atoms with Crippen LogP contribution in [0.5, 0.6) is 0 Å². The van der Waals surface area contributed by atoms with Gasteiger partial charge in [0.2, 0.25) is 0 Å². The highest BCUT2D eigenvalue weighted by atomic mass is 14.9. The van der Waals surface area contributed by atoms with Crippen LogP contribution in [0.3, 0.4) is 0 Å². The van der Waals surface area contributed by atoms with E-state index in [-0.39, 0.29) is 0 Å². The van der Waals surface area contributed by atoms with E-state index in [2.05, 4.69) is 31.3 Å². The van der Waals surface area contributed by atoms with E-state index in [4.69, 9.17) is 0 Å². The number of hydrogen-bond acceptors (Lipinski definition) is 1. The van der Waals surface area contributed by atoms with Crippen molar-refractivity contribution in [2.75, 3.05) is 6.54 Å². The SMILES string of the molecule is CC(C)NCC=CC1CCCCCC1. The molecule has 1 saturated carbocycles. The third kappa shape index (κ3) is 5.43. The lowest BCUT2D eigenvalue weighted by atomic mass is 10.00. The highest BCUT2D eigenvalue weighted by Crippen LogP contribution is 2.23. The molecule has 0 heterocycles. The van der Waals surface area contributed by atoms with Crippen LogP contribution in [0.1, 0.15) is 52.4 Å². The zero-order chi connectivity index (χ0) is 10.2. The van der Waals surface area contributed by atoms with Gasteiger partial charge in [-0.05, 0) is 18.8 Å². The largest absolute Gasteiger partial charge is 0.311 e. The minimum atomic E-state index is 0.605. The number of nitrogens with one attached hydrogen (secondary N) is 1. The molecule has 0 aromatic rings. The van der Waals surface area contributed by atoms with Crippen LogP contribution >= 0.6 is 0 Å². The van der Waals surface area contributed by atoms with Crippen LogP contribution < -0.4 is 5.32 Å². The molecular formula is C13H25N. The van der Waals surface area contributed by atoms with Crippen molar-refractivity contribution < 1.29 is 0 Å². The smallest absolute Gasteiger partial charge is 0.0137 e. The summed E-state index contributed by atoms with van der Waals surface area (Å²) in [6.07, 6.45) is 13.4. The summed E-state index contributed by atoms with van der Waals surface area (Å²) < 4.78 is 0. The molecule has 82 valence electrons. The molecular weight excluding hydrogens is 170 g/mol. The lowest BCUT2D eigenvalue weighted by molar-refractivity contribution is 0.555. The first-order valence-electron chi connectivity index (χ1n) is 6.19. The maximum absolute atomic E-state index is 3.41. The van der Waals surface area contributed by atoms with Crippen molar-refractivity contribution in [3.63, 3.8) is 0 Å². The van der Waals surface area contributed by atoms with Crippen molar-refractivity contribution in [3.05, 3.63) is 12.2 Å². The van der Waals surface area contributed by atoms with E-state index < -0.39 is 0 Å². The monoisotopic (exact) mass is 195 g/mol. The molecule has 14 heavy (non-hydrogen) atoms. The van der Waals surface area contributed by atoms with Gasteiger partial charge in [-0.25, -0.2) is 0 Å². The molecule has 0 radical (unpaired) electrons. The Morgan fingerprint density at radius 3 is 2.36 bits per heavy atom. The Hall–Kier alpha value is -0.300. The van der Waals surface area contributed by atoms with E-state index in [1.165, 1.54) is 38.5 Å². The standard InChI is InChI=1S/C13H25N/c1-12(2)14-11-7-10-13-8-5-3-4-6-9-13/h7,10,12-14H,3-6,8-9,11H2,1-2H3. The summed E-state index contributed by atoms with van der Waals surface area (Å²) in [5, 5.41) is 3.41. The molecule has 0 spiro atoms. The van der Waals surface area contributed by atoms with Crippen molar-refractivity contribution in [3.8, 4) is 0 Å². The van der Waals surface area contributed by atoms with Crippen molar-refractivity contribution in [1.82, 2.24) is 5.32 Å². The van der Waals surface area contributed by atoms with Crippen molar-refractivity contribution in [2.24, 2.45) is 5.92 Å². The van der Waals surface area contributed by atoms with Gasteiger partial charge in [0.05, 0.1) is 0 Å². The lowest BCUT2D eigenvalue weighted by Crippen LogP contribution is -2.22. The van der Waals surface area contributed by atoms with E-state index in [0.717, 1.165) is 12.5 Å². The second-order valence-electron chi connectivity index (χ2n) is 4.74. The molecule has 0 aromatic carbocycles. The zero-order valence-corrected chi connectivity index (χ0v) is 9.76. The average molecular weight is 195 g/mol. The molecule has 0 aromatic heterocycles. The lowest BCUT2D eigenvalue weighted by Gasteiger charge is -2.08. The topological polar surface area (TPSA) is 12.0 Å². The van der Waals surface area contributed by atoms with Gasteiger partial charge in [0.15, 0.2) is 0 Å². The van der Waals surface area contributed by atoms with Gasteiger partial charge in [-0.3, -0.25) is 0 Å². The van der Waals surface area contributed by atoms with Gasteiger partial charge in [0, 0.05) is 12.6 Å². The van der Waals surface area contributed by atoms with E-state index in [9.17, 15) is 0 Å². The van der Waals surface area contributed by atoms with Crippen LogP contribution in [0.25, 0.3) is 0 Å². The van der Waals surface area contributed by atoms with Crippen LogP contribution in [0.15, 0.2) is 12.2 Å². The average Bonchev–Trinajstić information content (AvgIpc) is 2.40. The van der Waals surface area contributed by atoms with Crippen LogP contribution in [-0.2, 0) is 0 Å². The molecule has 1 rings (SSSR count). The first kappa shape index (κ1) is 11.8. The summed E-state index contributed by atoms with van der Waals surface area (Å²) in [5.74, 6) is 0.867. The van der Waals surface area contributed by atoms with Gasteiger partial charge in [0.1, 0.15) is 0 Å². The zero-order valence-electron chi connectivity index (χ0n) is 9.76. The van der Waals surface area contributed by atoms with Gasteiger partial charge in [0.25, 0.3) is 0 Å². The molecule has 0 amide bonds. The Morgan fingerprint density at radius 1 is 1.14 bits per heavy atom. The number of allylic oxidation sites excluding steroid dienone is 1. The summed E-state index contributed by atoms with van der Waals surface area (Å²) in [6.45, 7) is 5.42. The Kier molecular flexibility index (Phi) is 5.93. The van der Waals surface area contributed by atoms with Crippen molar-refractivity contribution >= 4 is 0 Å². The molecule has 1 N–H and O–H groups in total.